The summed E-state index contributed by atoms with van der Waals surface area (Å²) in [7, 11) is -11.5. The summed E-state index contributed by atoms with van der Waals surface area (Å²) in [6.45, 7) is 74.9. The fourth-order valence-corrected chi connectivity index (χ4v) is 58.1. The molecule has 886 valence electrons. The van der Waals surface area contributed by atoms with E-state index in [1.165, 1.54) is 109 Å². The number of esters is 8. The Labute approximate surface area is 926 Å². The summed E-state index contributed by atoms with van der Waals surface area (Å²) in [6, 6.07) is 0. The number of hydrogen-bond acceptors (Lipinski definition) is 21. The lowest BCUT2D eigenvalue weighted by Crippen LogP contribution is -2.66. The van der Waals surface area contributed by atoms with E-state index in [4.69, 9.17) is 44.3 Å². The van der Waals surface area contributed by atoms with E-state index in [1.807, 2.05) is 34.6 Å². The molecule has 16 aliphatic rings. The second-order valence-electron chi connectivity index (χ2n) is 50.3. The van der Waals surface area contributed by atoms with Crippen molar-refractivity contribution in [3.05, 3.63) is 0 Å². The Hall–Kier alpha value is -3.31. The molecule has 5 saturated heterocycles. The lowest BCUT2D eigenvalue weighted by Gasteiger charge is -2.49. The minimum absolute atomic E-state index is 0. The van der Waals surface area contributed by atoms with Crippen molar-refractivity contribution in [3.8, 4) is 0 Å². The molecule has 8 bridgehead atoms. The van der Waals surface area contributed by atoms with Gasteiger partial charge in [-0.25, -0.2) is 0 Å². The van der Waals surface area contributed by atoms with Crippen LogP contribution in [0.4, 0.5) is 0 Å². The van der Waals surface area contributed by atoms with Gasteiger partial charge in [-0.3, -0.25) is 43.2 Å². The number of carbonyl (C=O) groups excluding carboxylic acids is 8. The van der Waals surface area contributed by atoms with E-state index in [9.17, 15) is 48.3 Å². The number of ether oxygens (including phenoxy) is 7. The topological polar surface area (TPSA) is 285 Å². The third-order valence-corrected chi connectivity index (χ3v) is 61.8. The first kappa shape index (κ1) is 154. The van der Waals surface area contributed by atoms with Gasteiger partial charge in [0.2, 0.25) is 0 Å². The van der Waals surface area contributed by atoms with Gasteiger partial charge in [-0.2, -0.15) is 0 Å². The fraction of sp³-hybridized carbons (Fsp3) is 0.926. The molecule has 0 amide bonds. The summed E-state index contributed by atoms with van der Waals surface area (Å²) in [6.07, 6.45) is 36.7. The molecule has 0 aromatic carbocycles. The molecule has 30 atom stereocenters. The van der Waals surface area contributed by atoms with Crippen LogP contribution in [0.15, 0.2) is 0 Å². The van der Waals surface area contributed by atoms with E-state index < -0.39 is 80.7 Å². The van der Waals surface area contributed by atoms with Crippen LogP contribution in [0.2, 0.25) is 89.6 Å². The summed E-state index contributed by atoms with van der Waals surface area (Å²) >= 11 is 0. The lowest BCUT2D eigenvalue weighted by atomic mass is 9.71. The number of carbonyl (C=O) groups is 9. The normalized spacial score (nSPS) is 34.7. The van der Waals surface area contributed by atoms with Gasteiger partial charge < -0.3 is 58.8 Å². The van der Waals surface area contributed by atoms with Crippen molar-refractivity contribution < 1.29 is 102 Å². The number of carboxylic acid groups (broad SMARTS) is 1. The highest BCUT2D eigenvalue weighted by Gasteiger charge is 2.65. The van der Waals surface area contributed by atoms with Crippen molar-refractivity contribution in [1.82, 2.24) is 0 Å². The number of rotatable bonds is 24. The predicted molar refractivity (Wildman–Crippen MR) is 637 cm³/mol. The van der Waals surface area contributed by atoms with Crippen LogP contribution in [0.3, 0.4) is 0 Å². The molecule has 149 heavy (non-hydrogen) atoms. The highest BCUT2D eigenvalue weighted by Crippen LogP contribution is 2.68. The molecule has 28 heteroatoms. The SMILES string of the molecule is C.C.C.C.C.C.C.C.C.C.C.C.CC1C(=O)OC(=O)C1C.CC1C(=O)OC(=O)C1C.CCC(C)(C)C(=O)OC1(CC)CC2CCC1C2.CCC(C)(C)C(=O)OC1(CC)CC2CCC1C2.CCC(C)[Si](C)(C)O[Si](C)(C)C.CCC(C)[Si]1(C)O[Si](C)(C)O[Si](C)(C)O[Si](C)(C)O1.CCCC1CC(C)C2C3CC(C(=O)O)C(C3)C12.CCCC1CC(C)C2C3CC(C(=O)OC4(CC)CCCC4)C(C3)C12.CCCC1OC(C)C2COC(=O)C12. The van der Waals surface area contributed by atoms with Crippen molar-refractivity contribution in [2.24, 2.45) is 153 Å². The maximum absolute atomic E-state index is 13.1. The first-order valence-electron chi connectivity index (χ1n) is 55.3. The van der Waals surface area contributed by atoms with Crippen molar-refractivity contribution in [2.75, 3.05) is 6.61 Å². The van der Waals surface area contributed by atoms with Crippen LogP contribution in [0.5, 0.6) is 0 Å². The molecule has 5 heterocycles. The van der Waals surface area contributed by atoms with E-state index in [2.05, 4.69) is 185 Å². The average molecular weight is 2220 g/mol. The Morgan fingerprint density at radius 3 is 1.12 bits per heavy atom. The van der Waals surface area contributed by atoms with E-state index in [1.54, 1.807) is 27.7 Å². The van der Waals surface area contributed by atoms with Gasteiger partial charge in [0, 0.05) is 5.92 Å². The van der Waals surface area contributed by atoms with E-state index in [0.29, 0.717) is 41.7 Å². The zero-order valence-corrected chi connectivity index (χ0v) is 98.8. The van der Waals surface area contributed by atoms with Crippen LogP contribution < -0.4 is 0 Å². The van der Waals surface area contributed by atoms with Crippen LogP contribution in [0.1, 0.15) is 447 Å². The van der Waals surface area contributed by atoms with Crippen molar-refractivity contribution >= 4 is 105 Å². The molecule has 11 aliphatic carbocycles. The van der Waals surface area contributed by atoms with Crippen LogP contribution >= 0.6 is 0 Å². The molecule has 1 N–H and O–H groups in total. The molecule has 16 rings (SSSR count). The Balaban J connectivity index is -0.000000524. The molecule has 11 saturated carbocycles. The summed E-state index contributed by atoms with van der Waals surface area (Å²) in [5.74, 6) is 10.0. The fourth-order valence-electron chi connectivity index (χ4n) is 28.2. The van der Waals surface area contributed by atoms with Gasteiger partial charge >= 0.3 is 88.0 Å². The van der Waals surface area contributed by atoms with Crippen LogP contribution in [0.25, 0.3) is 0 Å². The largest absolute Gasteiger partial charge is 0.481 e. The summed E-state index contributed by atoms with van der Waals surface area (Å²) < 4.78 is 69.5. The van der Waals surface area contributed by atoms with E-state index >= 15 is 0 Å². The molecule has 0 spiro atoms. The van der Waals surface area contributed by atoms with Crippen molar-refractivity contribution in [3.63, 3.8) is 0 Å². The third-order valence-electron chi connectivity index (χ3n) is 37.2. The maximum atomic E-state index is 13.1. The first-order chi connectivity index (χ1) is 63.6. The average Bonchev–Trinajstić information content (AvgIpc) is 1.57. The quantitative estimate of drug-likeness (QED) is 0.0406. The number of hydrogen-bond donors (Lipinski definition) is 1. The summed E-state index contributed by atoms with van der Waals surface area (Å²) in [5, 5.41) is 9.34. The number of aliphatic carboxylic acids is 1. The Morgan fingerprint density at radius 2 is 0.819 bits per heavy atom. The molecule has 5 aliphatic heterocycles. The predicted octanol–water partition coefficient (Wildman–Crippen LogP) is 34.4. The minimum atomic E-state index is -2.26. The second-order valence-corrected chi connectivity index (χ2v) is 74.2. The molecular weight excluding hydrogens is 1970 g/mol. The van der Waals surface area contributed by atoms with Gasteiger partial charge in [0.05, 0.1) is 71.1 Å². The highest BCUT2D eigenvalue weighted by molar-refractivity contribution is 6.93. The van der Waals surface area contributed by atoms with Crippen LogP contribution in [0, 0.1) is 153 Å². The monoisotopic (exact) mass is 2220 g/mol. The standard InChI is InChI=1S/C22H36O2.C15H24O2.2C15H26O2.C11H30O4Si4.C10H16O3.C9H24OSi2.2C6H8O3.12CH4/c1-4-8-15-11-14(3)19-16-12-17(20(15)19)18(13-16)21(23)24-22(5-2)9-6-7-10-22;1-3-4-9-5-8(2)13-10-6-11(14(9)13)12(7-10)15(16)17;2*1-5-14(3,4)13(16)17-15(6-2)10-11-7-8-12(15)9-11;1-10-11(2)19(9)14-17(5,6)12-16(3,4)13-18(7,8)15-19;1-3-4-8-9-7(6(2)13-8)5-12-10(9)11;1-8-9(2)12(6,7)10-11(3,4)5;2*1-3-4(2)6(8)9-5(3)7;;;;;;;;;;;;/h14-20H,4-13H2,1-3H3;8-14H,3-7H2,1-2H3,(H,16,17);2*11-12H,5-10H2,1-4H3;11H,10H2,1-9H3;6-9H,3-5H2,1-2H3;9H,8H2,1-7H3;2*3-4H,1-2H3;12*1H4. The first-order valence-corrected chi connectivity index (χ1v) is 72.6. The van der Waals surface area contributed by atoms with E-state index in [0.717, 1.165) is 166 Å². The minimum Gasteiger partial charge on any atom is -0.481 e. The number of fused-ring (bicyclic) bond motifs is 15. The molecule has 0 aromatic rings. The maximum Gasteiger partial charge on any atom is 0.320 e. The highest BCUT2D eigenvalue weighted by atomic mass is 28.5. The lowest BCUT2D eigenvalue weighted by molar-refractivity contribution is -0.178. The summed E-state index contributed by atoms with van der Waals surface area (Å²) in [5.41, 5.74) is 0.224. The van der Waals surface area contributed by atoms with Gasteiger partial charge in [-0.1, -0.05) is 259 Å². The Morgan fingerprint density at radius 1 is 0.450 bits per heavy atom. The van der Waals surface area contributed by atoms with Gasteiger partial charge in [0.1, 0.15) is 16.8 Å². The van der Waals surface area contributed by atoms with Crippen LogP contribution in [-0.4, -0.2) is 145 Å². The van der Waals surface area contributed by atoms with Gasteiger partial charge in [0.25, 0.3) is 0 Å². The smallest absolute Gasteiger partial charge is 0.320 e. The Kier molecular flexibility index (Phi) is 65.2. The van der Waals surface area contributed by atoms with Gasteiger partial charge in [-0.15, -0.1) is 0 Å². The molecule has 0 radical (unpaired) electrons. The molecular formula is C121H246O22Si6. The Bertz CT molecular complexity index is 3830. The molecule has 30 unspecified atom stereocenters. The van der Waals surface area contributed by atoms with Gasteiger partial charge in [0.15, 0.2) is 16.6 Å². The summed E-state index contributed by atoms with van der Waals surface area (Å²) in [4.78, 5) is 103. The molecule has 0 aromatic heterocycles. The second kappa shape index (κ2) is 63.0. The number of carboxylic acids is 1. The molecule has 22 nitrogen and oxygen atoms in total. The zero-order chi connectivity index (χ0) is 103. The molecule has 16 fully saturated rings. The van der Waals surface area contributed by atoms with Crippen molar-refractivity contribution in [2.45, 2.75) is 566 Å². The number of cyclic esters (lactones) is 5. The van der Waals surface area contributed by atoms with Gasteiger partial charge in [-0.05, 0) is 373 Å². The van der Waals surface area contributed by atoms with E-state index in [-0.39, 0.29) is 194 Å². The zero-order valence-electron chi connectivity index (χ0n) is 92.8. The van der Waals surface area contributed by atoms with Crippen molar-refractivity contribution in [1.29, 1.82) is 0 Å². The van der Waals surface area contributed by atoms with Crippen LogP contribution in [-0.2, 0) is 96.9 Å². The third kappa shape index (κ3) is 37.7.